The molecule has 0 aliphatic heterocycles. The lowest BCUT2D eigenvalue weighted by atomic mass is 10.1. The molecule has 6 heteroatoms. The number of carbonyl (C=O) groups excluding carboxylic acids is 2. The maximum atomic E-state index is 12.2. The second kappa shape index (κ2) is 9.85. The number of nitrogens with one attached hydrogen (secondary N) is 2. The van der Waals surface area contributed by atoms with Gasteiger partial charge in [-0.25, -0.2) is 0 Å². The van der Waals surface area contributed by atoms with Gasteiger partial charge in [-0.15, -0.1) is 0 Å². The second-order valence-corrected chi connectivity index (χ2v) is 6.48. The van der Waals surface area contributed by atoms with Crippen molar-refractivity contribution in [2.75, 3.05) is 25.1 Å². The Morgan fingerprint density at radius 2 is 1.67 bits per heavy atom. The summed E-state index contributed by atoms with van der Waals surface area (Å²) in [5.74, 6) is -1.46. The van der Waals surface area contributed by atoms with Gasteiger partial charge in [-0.2, -0.15) is 0 Å². The summed E-state index contributed by atoms with van der Waals surface area (Å²) in [6.45, 7) is 5.91. The van der Waals surface area contributed by atoms with Gasteiger partial charge in [0.1, 0.15) is 0 Å². The summed E-state index contributed by atoms with van der Waals surface area (Å²) >= 11 is 0. The Bertz CT molecular complexity index is 787. The Kier molecular flexibility index (Phi) is 7.52. The van der Waals surface area contributed by atoms with E-state index in [1.54, 1.807) is 0 Å². The van der Waals surface area contributed by atoms with Gasteiger partial charge in [-0.3, -0.25) is 9.59 Å². The number of hydrogen-bond acceptors (Lipinski definition) is 4. The van der Waals surface area contributed by atoms with Crippen molar-refractivity contribution in [3.8, 4) is 0 Å². The van der Waals surface area contributed by atoms with Crippen molar-refractivity contribution in [3.63, 3.8) is 0 Å². The highest BCUT2D eigenvalue weighted by molar-refractivity contribution is 6.39. The fourth-order valence-electron chi connectivity index (χ4n) is 2.56. The third kappa shape index (κ3) is 6.20. The molecular formula is C21H26N2O4. The van der Waals surface area contributed by atoms with Gasteiger partial charge in [0.05, 0.1) is 19.3 Å². The van der Waals surface area contributed by atoms with E-state index >= 15 is 0 Å². The van der Waals surface area contributed by atoms with Gasteiger partial charge >= 0.3 is 11.8 Å². The average Bonchev–Trinajstić information content (AvgIpc) is 2.65. The predicted molar refractivity (Wildman–Crippen MR) is 105 cm³/mol. The van der Waals surface area contributed by atoms with E-state index in [1.807, 2.05) is 63.2 Å². The SMILES string of the molecule is Cc1ccc(C(CNC(=O)C(=O)Nc2cc(C)ccc2C)OCCO)cc1. The fourth-order valence-corrected chi connectivity index (χ4v) is 2.56. The smallest absolute Gasteiger partial charge is 0.313 e. The van der Waals surface area contributed by atoms with Gasteiger partial charge < -0.3 is 20.5 Å². The first-order chi connectivity index (χ1) is 12.9. The minimum Gasteiger partial charge on any atom is -0.394 e. The molecule has 2 aromatic carbocycles. The highest BCUT2D eigenvalue weighted by Gasteiger charge is 2.18. The number of aliphatic hydroxyl groups excluding tert-OH is 1. The van der Waals surface area contributed by atoms with Gasteiger partial charge in [0.2, 0.25) is 0 Å². The molecule has 0 saturated heterocycles. The molecule has 1 atom stereocenters. The first-order valence-corrected chi connectivity index (χ1v) is 8.86. The Morgan fingerprint density at radius 3 is 2.33 bits per heavy atom. The van der Waals surface area contributed by atoms with E-state index in [2.05, 4.69) is 10.6 Å². The highest BCUT2D eigenvalue weighted by atomic mass is 16.5. The van der Waals surface area contributed by atoms with Crippen LogP contribution in [0.5, 0.6) is 0 Å². The minimum atomic E-state index is -0.736. The Morgan fingerprint density at radius 1 is 1.00 bits per heavy atom. The summed E-state index contributed by atoms with van der Waals surface area (Å²) in [5, 5.41) is 14.2. The number of carbonyl (C=O) groups is 2. The van der Waals surface area contributed by atoms with Gasteiger partial charge in [0.15, 0.2) is 0 Å². The number of amides is 2. The molecule has 0 fully saturated rings. The van der Waals surface area contributed by atoms with Crippen LogP contribution in [0.2, 0.25) is 0 Å². The largest absolute Gasteiger partial charge is 0.394 e. The number of benzene rings is 2. The summed E-state index contributed by atoms with van der Waals surface area (Å²) < 4.78 is 5.60. The maximum absolute atomic E-state index is 12.2. The normalized spacial score (nSPS) is 11.7. The van der Waals surface area contributed by atoms with Crippen LogP contribution in [-0.4, -0.2) is 36.7 Å². The van der Waals surface area contributed by atoms with E-state index in [-0.39, 0.29) is 19.8 Å². The summed E-state index contributed by atoms with van der Waals surface area (Å²) in [6, 6.07) is 13.3. The van der Waals surface area contributed by atoms with Gasteiger partial charge in [0, 0.05) is 12.2 Å². The van der Waals surface area contributed by atoms with Crippen LogP contribution in [0.4, 0.5) is 5.69 Å². The summed E-state index contributed by atoms with van der Waals surface area (Å²) in [4.78, 5) is 24.4. The van der Waals surface area contributed by atoms with Crippen LogP contribution in [0.15, 0.2) is 42.5 Å². The van der Waals surface area contributed by atoms with Crippen LogP contribution in [-0.2, 0) is 14.3 Å². The average molecular weight is 370 g/mol. The number of ether oxygens (including phenoxy) is 1. The topological polar surface area (TPSA) is 87.7 Å². The molecule has 0 radical (unpaired) electrons. The van der Waals surface area contributed by atoms with Crippen LogP contribution in [0.25, 0.3) is 0 Å². The molecule has 3 N–H and O–H groups in total. The molecule has 2 amide bonds. The van der Waals surface area contributed by atoms with Crippen molar-refractivity contribution >= 4 is 17.5 Å². The predicted octanol–water partition coefficient (Wildman–Crippen LogP) is 2.42. The number of anilines is 1. The molecule has 2 aromatic rings. The molecular weight excluding hydrogens is 344 g/mol. The molecule has 0 aliphatic carbocycles. The molecule has 2 rings (SSSR count). The molecule has 0 aromatic heterocycles. The van der Waals surface area contributed by atoms with Crippen LogP contribution in [0.3, 0.4) is 0 Å². The van der Waals surface area contributed by atoms with Gasteiger partial charge in [-0.1, -0.05) is 42.0 Å². The van der Waals surface area contributed by atoms with Crippen LogP contribution in [0, 0.1) is 20.8 Å². The van der Waals surface area contributed by atoms with Crippen LogP contribution in [0.1, 0.15) is 28.4 Å². The first kappa shape index (κ1) is 20.6. The molecule has 0 spiro atoms. The summed E-state index contributed by atoms with van der Waals surface area (Å²) in [6.07, 6.45) is -0.449. The van der Waals surface area contributed by atoms with Gasteiger partial charge in [-0.05, 0) is 43.5 Å². The van der Waals surface area contributed by atoms with Crippen molar-refractivity contribution < 1.29 is 19.4 Å². The standard InChI is InChI=1S/C21H26N2O4/c1-14-5-8-17(9-6-14)19(27-11-10-24)13-22-20(25)21(26)23-18-12-15(2)4-7-16(18)3/h4-9,12,19,24H,10-11,13H2,1-3H3,(H,22,25)(H,23,26). The molecule has 144 valence electrons. The van der Waals surface area contributed by atoms with E-state index in [4.69, 9.17) is 9.84 Å². The molecule has 0 bridgehead atoms. The first-order valence-electron chi connectivity index (χ1n) is 8.86. The van der Waals surface area contributed by atoms with E-state index in [9.17, 15) is 9.59 Å². The van der Waals surface area contributed by atoms with Crippen LogP contribution >= 0.6 is 0 Å². The lowest BCUT2D eigenvalue weighted by Gasteiger charge is -2.19. The van der Waals surface area contributed by atoms with Crippen molar-refractivity contribution in [2.45, 2.75) is 26.9 Å². The molecule has 6 nitrogen and oxygen atoms in total. The Balaban J connectivity index is 1.98. The molecule has 0 aliphatic rings. The summed E-state index contributed by atoms with van der Waals surface area (Å²) in [5.41, 5.74) is 4.46. The molecule has 0 saturated carbocycles. The third-order valence-electron chi connectivity index (χ3n) is 4.15. The third-order valence-corrected chi connectivity index (χ3v) is 4.15. The van der Waals surface area contributed by atoms with Crippen molar-refractivity contribution in [2.24, 2.45) is 0 Å². The minimum absolute atomic E-state index is 0.122. The number of rotatable bonds is 7. The molecule has 27 heavy (non-hydrogen) atoms. The second-order valence-electron chi connectivity index (χ2n) is 6.48. The zero-order valence-electron chi connectivity index (χ0n) is 15.9. The monoisotopic (exact) mass is 370 g/mol. The Hall–Kier alpha value is -2.70. The highest BCUT2D eigenvalue weighted by Crippen LogP contribution is 2.18. The number of hydrogen-bond donors (Lipinski definition) is 3. The van der Waals surface area contributed by atoms with E-state index < -0.39 is 17.9 Å². The van der Waals surface area contributed by atoms with Crippen molar-refractivity contribution in [3.05, 3.63) is 64.7 Å². The van der Waals surface area contributed by atoms with Gasteiger partial charge in [0.25, 0.3) is 0 Å². The maximum Gasteiger partial charge on any atom is 0.313 e. The lowest BCUT2D eigenvalue weighted by molar-refractivity contribution is -0.136. The number of aryl methyl sites for hydroxylation is 3. The van der Waals surface area contributed by atoms with Crippen molar-refractivity contribution in [1.29, 1.82) is 0 Å². The zero-order valence-corrected chi connectivity index (χ0v) is 15.9. The van der Waals surface area contributed by atoms with E-state index in [0.717, 1.165) is 22.3 Å². The Labute approximate surface area is 159 Å². The van der Waals surface area contributed by atoms with Crippen molar-refractivity contribution in [1.82, 2.24) is 5.32 Å². The van der Waals surface area contributed by atoms with E-state index in [1.165, 1.54) is 0 Å². The fraction of sp³-hybridized carbons (Fsp3) is 0.333. The molecule has 0 heterocycles. The quantitative estimate of drug-likeness (QED) is 0.653. The van der Waals surface area contributed by atoms with Crippen LogP contribution < -0.4 is 10.6 Å². The zero-order chi connectivity index (χ0) is 19.8. The van der Waals surface area contributed by atoms with E-state index in [0.29, 0.717) is 5.69 Å². The summed E-state index contributed by atoms with van der Waals surface area (Å²) in [7, 11) is 0. The molecule has 1 unspecified atom stereocenters. The number of aliphatic hydroxyl groups is 1. The lowest BCUT2D eigenvalue weighted by Crippen LogP contribution is -2.38.